The van der Waals surface area contributed by atoms with Gasteiger partial charge in [0, 0.05) is 14.1 Å². The van der Waals surface area contributed by atoms with Crippen molar-refractivity contribution < 1.29 is 13.9 Å². The van der Waals surface area contributed by atoms with Gasteiger partial charge in [-0.3, -0.25) is 4.79 Å². The van der Waals surface area contributed by atoms with Crippen LogP contribution in [0.5, 0.6) is 5.75 Å². The molecular formula is C12H14FNO2. The molecule has 0 N–H and O–H groups in total. The van der Waals surface area contributed by atoms with Gasteiger partial charge in [-0.25, -0.2) is 4.39 Å². The molecule has 1 aliphatic rings. The van der Waals surface area contributed by atoms with E-state index in [2.05, 4.69) is 0 Å². The molecule has 1 aromatic rings. The first kappa shape index (κ1) is 10.9. The van der Waals surface area contributed by atoms with Crippen LogP contribution in [-0.2, 0) is 0 Å². The summed E-state index contributed by atoms with van der Waals surface area (Å²) in [6.07, 6.45) is 2.05. The summed E-state index contributed by atoms with van der Waals surface area (Å²) in [4.78, 5) is 13.0. The fraction of sp³-hybridized carbons (Fsp3) is 0.417. The maximum atomic E-state index is 13.9. The molecule has 0 atom stereocenters. The molecule has 0 radical (unpaired) electrons. The van der Waals surface area contributed by atoms with E-state index < -0.39 is 5.82 Å². The summed E-state index contributed by atoms with van der Waals surface area (Å²) in [5.41, 5.74) is 0.0585. The monoisotopic (exact) mass is 223 g/mol. The molecule has 3 nitrogen and oxygen atoms in total. The first-order chi connectivity index (χ1) is 7.59. The molecular weight excluding hydrogens is 209 g/mol. The van der Waals surface area contributed by atoms with Gasteiger partial charge in [-0.05, 0) is 25.0 Å². The summed E-state index contributed by atoms with van der Waals surface area (Å²) in [7, 11) is 3.19. The van der Waals surface area contributed by atoms with Crippen LogP contribution >= 0.6 is 0 Å². The SMILES string of the molecule is CN(C)C(=O)c1cccc(OC2CC2)c1F. The van der Waals surface area contributed by atoms with Gasteiger partial charge in [0.25, 0.3) is 5.91 Å². The number of nitrogens with zero attached hydrogens (tertiary/aromatic N) is 1. The van der Waals surface area contributed by atoms with Crippen LogP contribution in [0, 0.1) is 5.82 Å². The summed E-state index contributed by atoms with van der Waals surface area (Å²) in [5.74, 6) is -0.734. The van der Waals surface area contributed by atoms with Gasteiger partial charge in [-0.1, -0.05) is 6.07 Å². The minimum Gasteiger partial charge on any atom is -0.487 e. The molecule has 0 saturated heterocycles. The molecule has 16 heavy (non-hydrogen) atoms. The van der Waals surface area contributed by atoms with Gasteiger partial charge in [0.1, 0.15) is 0 Å². The van der Waals surface area contributed by atoms with Gasteiger partial charge in [-0.2, -0.15) is 0 Å². The van der Waals surface area contributed by atoms with Crippen molar-refractivity contribution in [3.05, 3.63) is 29.6 Å². The number of carbonyl (C=O) groups excluding carboxylic acids is 1. The Morgan fingerprint density at radius 1 is 1.44 bits per heavy atom. The number of amides is 1. The zero-order valence-electron chi connectivity index (χ0n) is 9.37. The predicted molar refractivity (Wildman–Crippen MR) is 58.1 cm³/mol. The Morgan fingerprint density at radius 3 is 2.69 bits per heavy atom. The topological polar surface area (TPSA) is 29.5 Å². The lowest BCUT2D eigenvalue weighted by Crippen LogP contribution is -2.23. The summed E-state index contributed by atoms with van der Waals surface area (Å²) in [5, 5.41) is 0. The van der Waals surface area contributed by atoms with Crippen molar-refractivity contribution in [2.75, 3.05) is 14.1 Å². The zero-order valence-corrected chi connectivity index (χ0v) is 9.37. The van der Waals surface area contributed by atoms with Crippen LogP contribution in [0.1, 0.15) is 23.2 Å². The van der Waals surface area contributed by atoms with Gasteiger partial charge in [0.2, 0.25) is 0 Å². The van der Waals surface area contributed by atoms with Crippen molar-refractivity contribution >= 4 is 5.91 Å². The Balaban J connectivity index is 2.27. The third kappa shape index (κ3) is 2.15. The number of halogens is 1. The lowest BCUT2D eigenvalue weighted by atomic mass is 10.2. The van der Waals surface area contributed by atoms with E-state index >= 15 is 0 Å². The standard InChI is InChI=1S/C12H14FNO2/c1-14(2)12(15)9-4-3-5-10(11(9)13)16-8-6-7-8/h3-5,8H,6-7H2,1-2H3. The van der Waals surface area contributed by atoms with Crippen LogP contribution in [0.25, 0.3) is 0 Å². The van der Waals surface area contributed by atoms with Gasteiger partial charge >= 0.3 is 0 Å². The maximum Gasteiger partial charge on any atom is 0.256 e. The van der Waals surface area contributed by atoms with Crippen LogP contribution in [-0.4, -0.2) is 31.0 Å². The fourth-order valence-corrected chi connectivity index (χ4v) is 1.37. The van der Waals surface area contributed by atoms with Gasteiger partial charge < -0.3 is 9.64 Å². The molecule has 86 valence electrons. The van der Waals surface area contributed by atoms with Crippen LogP contribution in [0.2, 0.25) is 0 Å². The van der Waals surface area contributed by atoms with E-state index in [1.54, 1.807) is 26.2 Å². The molecule has 0 spiro atoms. The molecule has 1 fully saturated rings. The summed E-state index contributed by atoms with van der Waals surface area (Å²) >= 11 is 0. The lowest BCUT2D eigenvalue weighted by molar-refractivity contribution is 0.0822. The summed E-state index contributed by atoms with van der Waals surface area (Å²) in [6.45, 7) is 0. The Bertz CT molecular complexity index is 413. The Kier molecular flexibility index (Phi) is 2.81. The van der Waals surface area contributed by atoms with Crippen molar-refractivity contribution in [1.82, 2.24) is 4.90 Å². The van der Waals surface area contributed by atoms with Crippen LogP contribution in [0.15, 0.2) is 18.2 Å². The highest BCUT2D eigenvalue weighted by Gasteiger charge is 2.26. The van der Waals surface area contributed by atoms with Crippen molar-refractivity contribution in [2.45, 2.75) is 18.9 Å². The largest absolute Gasteiger partial charge is 0.487 e. The quantitative estimate of drug-likeness (QED) is 0.785. The molecule has 2 rings (SSSR count). The summed E-state index contributed by atoms with van der Waals surface area (Å²) in [6, 6.07) is 4.66. The second kappa shape index (κ2) is 4.12. The molecule has 0 bridgehead atoms. The zero-order chi connectivity index (χ0) is 11.7. The average Bonchev–Trinajstić information content (AvgIpc) is 3.04. The minimum absolute atomic E-state index is 0.0585. The number of ether oxygens (including phenoxy) is 1. The first-order valence-electron chi connectivity index (χ1n) is 5.26. The van der Waals surface area contributed by atoms with Gasteiger partial charge in [0.15, 0.2) is 11.6 Å². The highest BCUT2D eigenvalue weighted by Crippen LogP contribution is 2.29. The Labute approximate surface area is 93.8 Å². The van der Waals surface area contributed by atoms with Gasteiger partial charge in [-0.15, -0.1) is 0 Å². The fourth-order valence-electron chi connectivity index (χ4n) is 1.37. The molecule has 4 heteroatoms. The van der Waals surface area contributed by atoms with E-state index in [1.807, 2.05) is 0 Å². The van der Waals surface area contributed by atoms with Crippen LogP contribution in [0.4, 0.5) is 4.39 Å². The van der Waals surface area contributed by atoms with E-state index in [4.69, 9.17) is 4.74 Å². The van der Waals surface area contributed by atoms with E-state index in [0.717, 1.165) is 12.8 Å². The molecule has 0 unspecified atom stereocenters. The van der Waals surface area contributed by atoms with Crippen molar-refractivity contribution in [3.63, 3.8) is 0 Å². The highest BCUT2D eigenvalue weighted by atomic mass is 19.1. The summed E-state index contributed by atoms with van der Waals surface area (Å²) < 4.78 is 19.3. The highest BCUT2D eigenvalue weighted by molar-refractivity contribution is 5.94. The molecule has 0 heterocycles. The van der Waals surface area contributed by atoms with E-state index in [-0.39, 0.29) is 23.3 Å². The molecule has 1 aromatic carbocycles. The predicted octanol–water partition coefficient (Wildman–Crippen LogP) is 2.07. The molecule has 0 aromatic heterocycles. The third-order valence-corrected chi connectivity index (χ3v) is 2.42. The number of hydrogen-bond donors (Lipinski definition) is 0. The second-order valence-corrected chi connectivity index (χ2v) is 4.13. The van der Waals surface area contributed by atoms with Gasteiger partial charge in [0.05, 0.1) is 11.7 Å². The van der Waals surface area contributed by atoms with Crippen molar-refractivity contribution in [2.24, 2.45) is 0 Å². The van der Waals surface area contributed by atoms with E-state index in [0.29, 0.717) is 0 Å². The molecule has 1 aliphatic carbocycles. The van der Waals surface area contributed by atoms with Crippen molar-refractivity contribution in [1.29, 1.82) is 0 Å². The number of hydrogen-bond acceptors (Lipinski definition) is 2. The molecule has 1 saturated carbocycles. The third-order valence-electron chi connectivity index (χ3n) is 2.42. The Hall–Kier alpha value is -1.58. The normalized spacial score (nSPS) is 14.7. The number of carbonyl (C=O) groups is 1. The number of benzene rings is 1. The van der Waals surface area contributed by atoms with Crippen LogP contribution < -0.4 is 4.74 Å². The van der Waals surface area contributed by atoms with Crippen molar-refractivity contribution in [3.8, 4) is 5.75 Å². The molecule has 0 aliphatic heterocycles. The molecule has 1 amide bonds. The first-order valence-corrected chi connectivity index (χ1v) is 5.26. The van der Waals surface area contributed by atoms with E-state index in [9.17, 15) is 9.18 Å². The minimum atomic E-state index is -0.562. The maximum absolute atomic E-state index is 13.9. The lowest BCUT2D eigenvalue weighted by Gasteiger charge is -2.13. The second-order valence-electron chi connectivity index (χ2n) is 4.13. The van der Waals surface area contributed by atoms with Crippen LogP contribution in [0.3, 0.4) is 0 Å². The van der Waals surface area contributed by atoms with E-state index in [1.165, 1.54) is 11.0 Å². The number of rotatable bonds is 3. The smallest absolute Gasteiger partial charge is 0.256 e. The Morgan fingerprint density at radius 2 is 2.12 bits per heavy atom. The average molecular weight is 223 g/mol.